The minimum Gasteiger partial charge on any atom is -0.383 e. The lowest BCUT2D eigenvalue weighted by atomic mass is 10.1. The van der Waals surface area contributed by atoms with Crippen molar-refractivity contribution in [3.05, 3.63) is 36.0 Å². The van der Waals surface area contributed by atoms with Crippen LogP contribution in [0.2, 0.25) is 0 Å². The van der Waals surface area contributed by atoms with Crippen LogP contribution in [0.1, 0.15) is 19.4 Å². The zero-order valence-electron chi connectivity index (χ0n) is 13.4. The van der Waals surface area contributed by atoms with Crippen molar-refractivity contribution in [2.24, 2.45) is 0 Å². The number of aromatic nitrogens is 1. The van der Waals surface area contributed by atoms with Crippen LogP contribution in [0.5, 0.6) is 0 Å². The van der Waals surface area contributed by atoms with Gasteiger partial charge in [-0.05, 0) is 32.0 Å². The summed E-state index contributed by atoms with van der Waals surface area (Å²) < 4.78 is 63.5. The summed E-state index contributed by atoms with van der Waals surface area (Å²) in [6, 6.07) is 4.96. The van der Waals surface area contributed by atoms with E-state index in [0.29, 0.717) is 11.1 Å². The third kappa shape index (κ3) is 4.81. The first-order valence-corrected chi connectivity index (χ1v) is 8.95. The number of benzene rings is 1. The van der Waals surface area contributed by atoms with Gasteiger partial charge in [-0.25, -0.2) is 13.1 Å². The van der Waals surface area contributed by atoms with E-state index in [2.05, 4.69) is 15.0 Å². The monoisotopic (exact) mass is 361 g/mol. The fourth-order valence-corrected chi connectivity index (χ4v) is 3.41. The van der Waals surface area contributed by atoms with Gasteiger partial charge in [-0.15, -0.1) is 0 Å². The first-order chi connectivity index (χ1) is 10.9. The average molecular weight is 361 g/mol. The van der Waals surface area contributed by atoms with E-state index in [-0.39, 0.29) is 12.1 Å². The molecule has 0 bridgehead atoms. The number of hydrogen-bond acceptors (Lipinski definition) is 4. The lowest BCUT2D eigenvalue weighted by molar-refractivity contribution is -0.137. The number of nitrogens with one attached hydrogen (secondary N) is 2. The summed E-state index contributed by atoms with van der Waals surface area (Å²) in [5.74, 6) is 0. The van der Waals surface area contributed by atoms with E-state index in [0.717, 1.165) is 18.4 Å². The van der Waals surface area contributed by atoms with E-state index in [9.17, 15) is 21.6 Å². The van der Waals surface area contributed by atoms with Crippen LogP contribution in [0.25, 0.3) is 10.9 Å². The first-order valence-electron chi connectivity index (χ1n) is 7.06. The molecule has 132 valence electrons. The predicted octanol–water partition coefficient (Wildman–Crippen LogP) is 2.99. The highest BCUT2D eigenvalue weighted by Crippen LogP contribution is 2.32. The van der Waals surface area contributed by atoms with E-state index in [1.165, 1.54) is 12.3 Å². The Bertz CT molecular complexity index is 849. The maximum atomic E-state index is 12.8. The number of rotatable bonds is 5. The lowest BCUT2D eigenvalue weighted by Crippen LogP contribution is -2.47. The van der Waals surface area contributed by atoms with Crippen LogP contribution in [0, 0.1) is 0 Å². The molecule has 2 aromatic rings. The zero-order valence-corrected chi connectivity index (χ0v) is 14.2. The number of nitrogens with zero attached hydrogens (tertiary/aromatic N) is 1. The molecule has 0 aliphatic rings. The SMILES string of the molecule is CC(C)(CNc1ccnc2cc(C(F)(F)F)ccc12)NS(C)(=O)=O. The molecule has 0 saturated carbocycles. The third-order valence-corrected chi connectivity index (χ3v) is 4.18. The molecule has 0 amide bonds. The highest BCUT2D eigenvalue weighted by atomic mass is 32.2. The lowest BCUT2D eigenvalue weighted by Gasteiger charge is -2.26. The van der Waals surface area contributed by atoms with Crippen LogP contribution in [-0.2, 0) is 16.2 Å². The highest BCUT2D eigenvalue weighted by molar-refractivity contribution is 7.88. The molecule has 0 aliphatic carbocycles. The Morgan fingerprint density at radius 2 is 1.83 bits per heavy atom. The quantitative estimate of drug-likeness (QED) is 0.859. The molecule has 24 heavy (non-hydrogen) atoms. The predicted molar refractivity (Wildman–Crippen MR) is 87.3 cm³/mol. The van der Waals surface area contributed by atoms with Crippen LogP contribution in [0.3, 0.4) is 0 Å². The standard InChI is InChI=1S/C15H18F3N3O2S/c1-14(2,21-24(3,22)23)9-20-12-6-7-19-13-8-10(15(16,17)18)4-5-11(12)13/h4-8,21H,9H2,1-3H3,(H,19,20). The van der Waals surface area contributed by atoms with Gasteiger partial charge in [0.15, 0.2) is 0 Å². The Hall–Kier alpha value is -1.87. The van der Waals surface area contributed by atoms with Gasteiger partial charge in [0.05, 0.1) is 17.3 Å². The van der Waals surface area contributed by atoms with Crippen molar-refractivity contribution < 1.29 is 21.6 Å². The summed E-state index contributed by atoms with van der Waals surface area (Å²) in [5.41, 5.74) is -0.741. The second kappa shape index (κ2) is 6.21. The van der Waals surface area contributed by atoms with Gasteiger partial charge in [-0.1, -0.05) is 6.07 Å². The molecule has 5 nitrogen and oxygen atoms in total. The molecule has 1 heterocycles. The Kier molecular flexibility index (Phi) is 4.78. The smallest absolute Gasteiger partial charge is 0.383 e. The molecular weight excluding hydrogens is 343 g/mol. The Balaban J connectivity index is 2.27. The largest absolute Gasteiger partial charge is 0.416 e. The summed E-state index contributed by atoms with van der Waals surface area (Å²) in [7, 11) is -3.38. The second-order valence-corrected chi connectivity index (χ2v) is 7.95. The topological polar surface area (TPSA) is 71.1 Å². The summed E-state index contributed by atoms with van der Waals surface area (Å²) >= 11 is 0. The van der Waals surface area contributed by atoms with Gasteiger partial charge in [0, 0.05) is 29.4 Å². The molecule has 0 radical (unpaired) electrons. The fourth-order valence-electron chi connectivity index (χ4n) is 2.33. The van der Waals surface area contributed by atoms with Crippen LogP contribution < -0.4 is 10.0 Å². The summed E-state index contributed by atoms with van der Waals surface area (Å²) in [6.07, 6.45) is -1.96. The number of fused-ring (bicyclic) bond motifs is 1. The van der Waals surface area contributed by atoms with Crippen LogP contribution in [0.4, 0.5) is 18.9 Å². The van der Waals surface area contributed by atoms with Crippen molar-refractivity contribution in [2.75, 3.05) is 18.1 Å². The van der Waals surface area contributed by atoms with Gasteiger partial charge in [-0.2, -0.15) is 13.2 Å². The minimum absolute atomic E-state index is 0.212. The average Bonchev–Trinajstić information content (AvgIpc) is 2.41. The van der Waals surface area contributed by atoms with E-state index >= 15 is 0 Å². The van der Waals surface area contributed by atoms with Crippen LogP contribution >= 0.6 is 0 Å². The summed E-state index contributed by atoms with van der Waals surface area (Å²) in [5, 5.41) is 3.59. The fraction of sp³-hybridized carbons (Fsp3) is 0.400. The Morgan fingerprint density at radius 1 is 1.17 bits per heavy atom. The van der Waals surface area contributed by atoms with E-state index in [1.54, 1.807) is 19.9 Å². The Labute approximate surface area is 138 Å². The second-order valence-electron chi connectivity index (χ2n) is 6.20. The molecule has 0 saturated heterocycles. The van der Waals surface area contributed by atoms with Gasteiger partial charge in [0.1, 0.15) is 0 Å². The maximum Gasteiger partial charge on any atom is 0.416 e. The van der Waals surface area contributed by atoms with Crippen molar-refractivity contribution >= 4 is 26.6 Å². The van der Waals surface area contributed by atoms with Crippen molar-refractivity contribution in [3.8, 4) is 0 Å². The maximum absolute atomic E-state index is 12.8. The number of hydrogen-bond donors (Lipinski definition) is 2. The summed E-state index contributed by atoms with van der Waals surface area (Å²) in [4.78, 5) is 3.97. The normalized spacial score (nSPS) is 13.2. The highest BCUT2D eigenvalue weighted by Gasteiger charge is 2.30. The Morgan fingerprint density at radius 3 is 2.42 bits per heavy atom. The number of halogens is 3. The van der Waals surface area contributed by atoms with Crippen molar-refractivity contribution in [1.29, 1.82) is 0 Å². The van der Waals surface area contributed by atoms with Crippen LogP contribution in [-0.4, -0.2) is 31.7 Å². The first kappa shape index (κ1) is 18.5. The zero-order chi connectivity index (χ0) is 18.2. The molecule has 0 unspecified atom stereocenters. The molecule has 1 aromatic heterocycles. The number of anilines is 1. The van der Waals surface area contributed by atoms with Gasteiger partial charge < -0.3 is 5.32 Å². The number of pyridine rings is 1. The summed E-state index contributed by atoms with van der Waals surface area (Å²) in [6.45, 7) is 3.65. The van der Waals surface area contributed by atoms with Gasteiger partial charge in [-0.3, -0.25) is 4.98 Å². The number of sulfonamides is 1. The van der Waals surface area contributed by atoms with Crippen molar-refractivity contribution in [1.82, 2.24) is 9.71 Å². The number of alkyl halides is 3. The van der Waals surface area contributed by atoms with Gasteiger partial charge >= 0.3 is 6.18 Å². The van der Waals surface area contributed by atoms with E-state index in [1.807, 2.05) is 0 Å². The van der Waals surface area contributed by atoms with Gasteiger partial charge in [0.2, 0.25) is 10.0 Å². The van der Waals surface area contributed by atoms with E-state index < -0.39 is 27.3 Å². The molecule has 1 aromatic carbocycles. The molecule has 2 N–H and O–H groups in total. The van der Waals surface area contributed by atoms with E-state index in [4.69, 9.17) is 0 Å². The molecule has 0 spiro atoms. The molecule has 0 atom stereocenters. The van der Waals surface area contributed by atoms with Crippen molar-refractivity contribution in [2.45, 2.75) is 25.6 Å². The molecule has 9 heteroatoms. The molecule has 0 fully saturated rings. The molecular formula is C15H18F3N3O2S. The van der Waals surface area contributed by atoms with Gasteiger partial charge in [0.25, 0.3) is 0 Å². The third-order valence-electron chi connectivity index (χ3n) is 3.25. The minimum atomic E-state index is -4.43. The molecule has 0 aliphatic heterocycles. The van der Waals surface area contributed by atoms with Crippen molar-refractivity contribution in [3.63, 3.8) is 0 Å². The molecule has 2 rings (SSSR count). The van der Waals surface area contributed by atoms with Crippen LogP contribution in [0.15, 0.2) is 30.5 Å².